The molecule has 2 nitrogen and oxygen atoms in total. The van der Waals surface area contributed by atoms with E-state index in [0.717, 1.165) is 17.5 Å². The molecule has 1 heterocycles. The third-order valence-electron chi connectivity index (χ3n) is 2.41. The van der Waals surface area contributed by atoms with Gasteiger partial charge >= 0.3 is 0 Å². The molecule has 2 rings (SSSR count). The van der Waals surface area contributed by atoms with Crippen LogP contribution in [0.1, 0.15) is 16.7 Å². The minimum absolute atomic E-state index is 0.0516. The normalized spacial score (nSPS) is 10.2. The van der Waals surface area contributed by atoms with Crippen LogP contribution in [0.25, 0.3) is 0 Å². The van der Waals surface area contributed by atoms with Crippen LogP contribution in [0, 0.1) is 0 Å². The van der Waals surface area contributed by atoms with Crippen LogP contribution in [0.4, 0.5) is 0 Å². The highest BCUT2D eigenvalue weighted by Crippen LogP contribution is 2.12. The van der Waals surface area contributed by atoms with Crippen molar-refractivity contribution in [1.29, 1.82) is 0 Å². The standard InChI is InChI=1S/C13H13NO/c15-10-13-9-14-7-6-12(13)8-11-4-2-1-3-5-11/h1-7,9,15H,8,10H2. The molecule has 0 aliphatic rings. The molecule has 2 aromatic rings. The maximum atomic E-state index is 9.16. The van der Waals surface area contributed by atoms with E-state index in [2.05, 4.69) is 17.1 Å². The molecule has 0 aliphatic heterocycles. The maximum Gasteiger partial charge on any atom is 0.0699 e. The van der Waals surface area contributed by atoms with E-state index in [-0.39, 0.29) is 6.61 Å². The zero-order valence-electron chi connectivity index (χ0n) is 8.43. The number of aliphatic hydroxyl groups excluding tert-OH is 1. The summed E-state index contributed by atoms with van der Waals surface area (Å²) in [5.41, 5.74) is 3.29. The average Bonchev–Trinajstić information content (AvgIpc) is 2.31. The lowest BCUT2D eigenvalue weighted by Gasteiger charge is -2.06. The topological polar surface area (TPSA) is 33.1 Å². The van der Waals surface area contributed by atoms with Crippen molar-refractivity contribution in [3.8, 4) is 0 Å². The summed E-state index contributed by atoms with van der Waals surface area (Å²) in [7, 11) is 0. The lowest BCUT2D eigenvalue weighted by Crippen LogP contribution is -1.96. The van der Waals surface area contributed by atoms with Gasteiger partial charge in [-0.3, -0.25) is 4.98 Å². The summed E-state index contributed by atoms with van der Waals surface area (Å²) >= 11 is 0. The van der Waals surface area contributed by atoms with Gasteiger partial charge < -0.3 is 5.11 Å². The van der Waals surface area contributed by atoms with Crippen LogP contribution in [0.3, 0.4) is 0 Å². The SMILES string of the molecule is OCc1cnccc1Cc1ccccc1. The van der Waals surface area contributed by atoms with Crippen molar-refractivity contribution in [1.82, 2.24) is 4.98 Å². The predicted molar refractivity (Wildman–Crippen MR) is 59.4 cm³/mol. The molecule has 0 atom stereocenters. The molecular weight excluding hydrogens is 186 g/mol. The molecule has 1 N–H and O–H groups in total. The highest BCUT2D eigenvalue weighted by Gasteiger charge is 2.01. The third kappa shape index (κ3) is 2.42. The molecule has 0 saturated heterocycles. The Morgan fingerprint density at radius 1 is 1.00 bits per heavy atom. The Hall–Kier alpha value is -1.67. The fourth-order valence-electron chi connectivity index (χ4n) is 1.59. The molecule has 0 radical (unpaired) electrons. The molecule has 76 valence electrons. The molecule has 0 unspecified atom stereocenters. The number of benzene rings is 1. The van der Waals surface area contributed by atoms with Gasteiger partial charge in [-0.1, -0.05) is 30.3 Å². The monoisotopic (exact) mass is 199 g/mol. The van der Waals surface area contributed by atoms with Crippen molar-refractivity contribution in [2.45, 2.75) is 13.0 Å². The number of hydrogen-bond donors (Lipinski definition) is 1. The number of rotatable bonds is 3. The van der Waals surface area contributed by atoms with Gasteiger partial charge in [0, 0.05) is 12.4 Å². The second kappa shape index (κ2) is 4.71. The molecule has 0 spiro atoms. The number of nitrogens with zero attached hydrogens (tertiary/aromatic N) is 1. The molecule has 15 heavy (non-hydrogen) atoms. The fraction of sp³-hybridized carbons (Fsp3) is 0.154. The van der Waals surface area contributed by atoms with Crippen LogP contribution >= 0.6 is 0 Å². The fourth-order valence-corrected chi connectivity index (χ4v) is 1.59. The van der Waals surface area contributed by atoms with E-state index in [1.165, 1.54) is 5.56 Å². The Morgan fingerprint density at radius 3 is 2.53 bits per heavy atom. The quantitative estimate of drug-likeness (QED) is 0.821. The molecule has 1 aromatic heterocycles. The molecule has 0 bridgehead atoms. The van der Waals surface area contributed by atoms with E-state index in [9.17, 15) is 0 Å². The van der Waals surface area contributed by atoms with Gasteiger partial charge in [0.1, 0.15) is 0 Å². The first-order valence-corrected chi connectivity index (χ1v) is 4.96. The Bertz CT molecular complexity index is 426. The lowest BCUT2D eigenvalue weighted by atomic mass is 10.0. The highest BCUT2D eigenvalue weighted by molar-refractivity contribution is 5.29. The maximum absolute atomic E-state index is 9.16. The van der Waals surface area contributed by atoms with Crippen LogP contribution in [-0.4, -0.2) is 10.1 Å². The zero-order chi connectivity index (χ0) is 10.5. The van der Waals surface area contributed by atoms with Gasteiger partial charge in [-0.25, -0.2) is 0 Å². The van der Waals surface area contributed by atoms with Crippen molar-refractivity contribution in [2.75, 3.05) is 0 Å². The van der Waals surface area contributed by atoms with Crippen LogP contribution in [0.5, 0.6) is 0 Å². The van der Waals surface area contributed by atoms with E-state index < -0.39 is 0 Å². The van der Waals surface area contributed by atoms with Gasteiger partial charge in [-0.2, -0.15) is 0 Å². The van der Waals surface area contributed by atoms with Crippen molar-refractivity contribution < 1.29 is 5.11 Å². The van der Waals surface area contributed by atoms with E-state index in [1.54, 1.807) is 12.4 Å². The molecule has 0 saturated carbocycles. The first-order valence-electron chi connectivity index (χ1n) is 4.96. The molecular formula is C13H13NO. The summed E-state index contributed by atoms with van der Waals surface area (Å²) in [5.74, 6) is 0. The largest absolute Gasteiger partial charge is 0.392 e. The summed E-state index contributed by atoms with van der Waals surface area (Å²) in [5, 5.41) is 9.16. The highest BCUT2D eigenvalue weighted by atomic mass is 16.3. The Labute approximate surface area is 89.2 Å². The summed E-state index contributed by atoms with van der Waals surface area (Å²) in [6, 6.07) is 12.2. The minimum Gasteiger partial charge on any atom is -0.392 e. The molecule has 1 aromatic carbocycles. The van der Waals surface area contributed by atoms with E-state index in [4.69, 9.17) is 5.11 Å². The zero-order valence-corrected chi connectivity index (χ0v) is 8.43. The van der Waals surface area contributed by atoms with Crippen LogP contribution in [0.2, 0.25) is 0 Å². The second-order valence-electron chi connectivity index (χ2n) is 3.46. The van der Waals surface area contributed by atoms with E-state index in [0.29, 0.717) is 0 Å². The van der Waals surface area contributed by atoms with Crippen molar-refractivity contribution in [2.24, 2.45) is 0 Å². The van der Waals surface area contributed by atoms with Crippen LogP contribution in [0.15, 0.2) is 48.8 Å². The van der Waals surface area contributed by atoms with Gasteiger partial charge in [-0.05, 0) is 29.2 Å². The average molecular weight is 199 g/mol. The van der Waals surface area contributed by atoms with Crippen molar-refractivity contribution in [3.05, 3.63) is 65.5 Å². The van der Waals surface area contributed by atoms with E-state index >= 15 is 0 Å². The molecule has 0 amide bonds. The van der Waals surface area contributed by atoms with Crippen LogP contribution in [-0.2, 0) is 13.0 Å². The van der Waals surface area contributed by atoms with Gasteiger partial charge in [0.05, 0.1) is 6.61 Å². The Morgan fingerprint density at radius 2 is 1.80 bits per heavy atom. The van der Waals surface area contributed by atoms with Gasteiger partial charge in [-0.15, -0.1) is 0 Å². The summed E-state index contributed by atoms with van der Waals surface area (Å²) < 4.78 is 0. The molecule has 0 aliphatic carbocycles. The number of hydrogen-bond acceptors (Lipinski definition) is 2. The number of aromatic nitrogens is 1. The van der Waals surface area contributed by atoms with Crippen LogP contribution < -0.4 is 0 Å². The lowest BCUT2D eigenvalue weighted by molar-refractivity contribution is 0.280. The van der Waals surface area contributed by atoms with Crippen molar-refractivity contribution in [3.63, 3.8) is 0 Å². The first-order chi connectivity index (χ1) is 7.40. The summed E-state index contributed by atoms with van der Waals surface area (Å²) in [6.45, 7) is 0.0516. The number of pyridine rings is 1. The van der Waals surface area contributed by atoms with E-state index in [1.807, 2.05) is 24.3 Å². The number of aliphatic hydroxyl groups is 1. The van der Waals surface area contributed by atoms with Crippen molar-refractivity contribution >= 4 is 0 Å². The third-order valence-corrected chi connectivity index (χ3v) is 2.41. The van der Waals surface area contributed by atoms with Gasteiger partial charge in [0.25, 0.3) is 0 Å². The Kier molecular flexibility index (Phi) is 3.10. The second-order valence-corrected chi connectivity index (χ2v) is 3.46. The first kappa shape index (κ1) is 9.87. The minimum atomic E-state index is 0.0516. The molecule has 0 fully saturated rings. The molecule has 2 heteroatoms. The predicted octanol–water partition coefficient (Wildman–Crippen LogP) is 2.16. The Balaban J connectivity index is 2.24. The summed E-state index contributed by atoms with van der Waals surface area (Å²) in [6.07, 6.45) is 4.33. The summed E-state index contributed by atoms with van der Waals surface area (Å²) in [4.78, 5) is 4.00. The van der Waals surface area contributed by atoms with Gasteiger partial charge in [0.15, 0.2) is 0 Å². The van der Waals surface area contributed by atoms with Gasteiger partial charge in [0.2, 0.25) is 0 Å². The smallest absolute Gasteiger partial charge is 0.0699 e.